The third-order valence-corrected chi connectivity index (χ3v) is 5.99. The van der Waals surface area contributed by atoms with Crippen molar-refractivity contribution >= 4 is 58.0 Å². The molecule has 1 saturated heterocycles. The number of rotatable bonds is 8. The smallest absolute Gasteiger partial charge is 0.271 e. The summed E-state index contributed by atoms with van der Waals surface area (Å²) in [5.41, 5.74) is 4.04. The largest absolute Gasteiger partial charge is 0.493 e. The molecular formula is C25H20ClN5O5S. The van der Waals surface area contributed by atoms with E-state index < -0.39 is 5.91 Å². The van der Waals surface area contributed by atoms with Gasteiger partial charge in [0.05, 0.1) is 12.0 Å². The highest BCUT2D eigenvalue weighted by atomic mass is 35.5. The van der Waals surface area contributed by atoms with Gasteiger partial charge in [0, 0.05) is 28.7 Å². The Morgan fingerprint density at radius 3 is 2.59 bits per heavy atom. The van der Waals surface area contributed by atoms with Crippen LogP contribution in [0.1, 0.15) is 15.9 Å². The second kappa shape index (κ2) is 12.1. The minimum atomic E-state index is -0.427. The number of nitrogens with zero attached hydrogens (tertiary/aromatic N) is 2. The molecule has 188 valence electrons. The topological polar surface area (TPSA) is 131 Å². The first kappa shape index (κ1) is 25.7. The van der Waals surface area contributed by atoms with Gasteiger partial charge in [0.25, 0.3) is 17.7 Å². The molecule has 10 nitrogen and oxygen atoms in total. The molecule has 1 fully saturated rings. The van der Waals surface area contributed by atoms with Crippen molar-refractivity contribution in [1.82, 2.24) is 15.7 Å². The predicted octanol–water partition coefficient (Wildman–Crippen LogP) is 3.67. The summed E-state index contributed by atoms with van der Waals surface area (Å²) >= 11 is 6.92. The quantitative estimate of drug-likeness (QED) is 0.295. The number of halogens is 1. The number of anilines is 1. The van der Waals surface area contributed by atoms with Crippen molar-refractivity contribution in [3.8, 4) is 11.5 Å². The van der Waals surface area contributed by atoms with Gasteiger partial charge in [-0.2, -0.15) is 0 Å². The Labute approximate surface area is 221 Å². The molecule has 2 heterocycles. The van der Waals surface area contributed by atoms with Gasteiger partial charge in [-0.15, -0.1) is 5.10 Å². The molecule has 0 bridgehead atoms. The summed E-state index contributed by atoms with van der Waals surface area (Å²) in [6.07, 6.45) is 4.64. The Balaban J connectivity index is 1.37. The predicted molar refractivity (Wildman–Crippen MR) is 141 cm³/mol. The number of nitrogens with one attached hydrogen (secondary N) is 3. The molecule has 3 amide bonds. The molecule has 1 aliphatic rings. The molecule has 1 aromatic heterocycles. The zero-order chi connectivity index (χ0) is 26.2. The monoisotopic (exact) mass is 537 g/mol. The van der Waals surface area contributed by atoms with Crippen molar-refractivity contribution in [2.24, 2.45) is 5.10 Å². The van der Waals surface area contributed by atoms with Crippen LogP contribution in [0.4, 0.5) is 5.69 Å². The second-order valence-electron chi connectivity index (χ2n) is 7.41. The average molecular weight is 538 g/mol. The highest BCUT2D eigenvalue weighted by Gasteiger charge is 2.24. The summed E-state index contributed by atoms with van der Waals surface area (Å²) < 4.78 is 11.0. The molecule has 4 rings (SSSR count). The van der Waals surface area contributed by atoms with E-state index >= 15 is 0 Å². The maximum Gasteiger partial charge on any atom is 0.271 e. The molecule has 0 atom stereocenters. The summed E-state index contributed by atoms with van der Waals surface area (Å²) in [5, 5.41) is 10.1. The van der Waals surface area contributed by atoms with Gasteiger partial charge in [-0.05, 0) is 71.9 Å². The zero-order valence-corrected chi connectivity index (χ0v) is 20.9. The van der Waals surface area contributed by atoms with Gasteiger partial charge in [0.1, 0.15) is 0 Å². The first-order chi connectivity index (χ1) is 17.9. The van der Waals surface area contributed by atoms with E-state index in [-0.39, 0.29) is 23.6 Å². The zero-order valence-electron chi connectivity index (χ0n) is 19.4. The summed E-state index contributed by atoms with van der Waals surface area (Å²) in [4.78, 5) is 40.9. The highest BCUT2D eigenvalue weighted by Crippen LogP contribution is 2.31. The van der Waals surface area contributed by atoms with E-state index in [4.69, 9.17) is 21.1 Å². The molecule has 0 unspecified atom stereocenters. The van der Waals surface area contributed by atoms with E-state index in [0.29, 0.717) is 38.2 Å². The Morgan fingerprint density at radius 2 is 1.86 bits per heavy atom. The van der Waals surface area contributed by atoms with Crippen molar-refractivity contribution in [3.63, 3.8) is 0 Å². The van der Waals surface area contributed by atoms with E-state index in [1.165, 1.54) is 19.5 Å². The number of amides is 3. The fraction of sp³-hybridized carbons (Fsp3) is 0.0800. The lowest BCUT2D eigenvalue weighted by Crippen LogP contribution is -2.25. The summed E-state index contributed by atoms with van der Waals surface area (Å²) in [6.45, 7) is -0.233. The number of pyridine rings is 1. The minimum Gasteiger partial charge on any atom is -0.493 e. The maximum atomic E-state index is 12.4. The van der Waals surface area contributed by atoms with Gasteiger partial charge in [-0.1, -0.05) is 17.7 Å². The van der Waals surface area contributed by atoms with Crippen molar-refractivity contribution in [1.29, 1.82) is 0 Å². The number of hydrazone groups is 1. The lowest BCUT2D eigenvalue weighted by Gasteiger charge is -2.11. The minimum absolute atomic E-state index is 0.233. The molecule has 37 heavy (non-hydrogen) atoms. The van der Waals surface area contributed by atoms with Crippen LogP contribution in [0.3, 0.4) is 0 Å². The lowest BCUT2D eigenvalue weighted by molar-refractivity contribution is -0.118. The van der Waals surface area contributed by atoms with Gasteiger partial charge in [-0.25, -0.2) is 5.43 Å². The van der Waals surface area contributed by atoms with Crippen LogP contribution in [0, 0.1) is 0 Å². The van der Waals surface area contributed by atoms with Crippen molar-refractivity contribution in [3.05, 3.63) is 88.0 Å². The number of carbonyl (C=O) groups excluding carboxylic acids is 3. The molecule has 2 aromatic carbocycles. The van der Waals surface area contributed by atoms with Gasteiger partial charge >= 0.3 is 0 Å². The SMILES string of the molecule is COc1cc(/C=C2/S/C(=N/NC(=O)c3ccncc3)NC2=O)ccc1OCC(=O)Nc1ccc(Cl)cc1. The number of carbonyl (C=O) groups is 3. The third-order valence-electron chi connectivity index (χ3n) is 4.82. The molecule has 0 saturated carbocycles. The van der Waals surface area contributed by atoms with E-state index in [1.54, 1.807) is 60.7 Å². The molecule has 3 aromatic rings. The third kappa shape index (κ3) is 7.09. The van der Waals surface area contributed by atoms with E-state index in [1.807, 2.05) is 0 Å². The van der Waals surface area contributed by atoms with Crippen LogP contribution in [0.15, 0.2) is 77.0 Å². The molecular weight excluding hydrogens is 518 g/mol. The lowest BCUT2D eigenvalue weighted by atomic mass is 10.2. The summed E-state index contributed by atoms with van der Waals surface area (Å²) in [6, 6.07) is 14.8. The van der Waals surface area contributed by atoms with Gasteiger partial charge in [0.15, 0.2) is 23.3 Å². The van der Waals surface area contributed by atoms with Crippen molar-refractivity contribution < 1.29 is 23.9 Å². The number of benzene rings is 2. The number of hydrogen-bond acceptors (Lipinski definition) is 8. The van der Waals surface area contributed by atoms with Crippen LogP contribution in [0.2, 0.25) is 5.02 Å². The Hall–Kier alpha value is -4.35. The van der Waals surface area contributed by atoms with Crippen LogP contribution in [0.5, 0.6) is 11.5 Å². The molecule has 3 N–H and O–H groups in total. The standard InChI is InChI=1S/C25H20ClN5O5S/c1-35-20-12-15(2-7-19(20)36-14-22(32)28-18-5-3-17(26)4-6-18)13-21-24(34)29-25(37-21)31-30-23(33)16-8-10-27-11-9-16/h2-13H,14H2,1H3,(H,28,32)(H,30,33)(H,29,31,34)/b21-13+. The molecule has 0 spiro atoms. The van der Waals surface area contributed by atoms with Crippen LogP contribution in [-0.2, 0) is 9.59 Å². The van der Waals surface area contributed by atoms with Crippen molar-refractivity contribution in [2.45, 2.75) is 0 Å². The van der Waals surface area contributed by atoms with Gasteiger partial charge in [0.2, 0.25) is 0 Å². The summed E-state index contributed by atoms with van der Waals surface area (Å²) in [7, 11) is 1.47. The van der Waals surface area contributed by atoms with Crippen LogP contribution >= 0.6 is 23.4 Å². The Kier molecular flexibility index (Phi) is 8.39. The number of amidine groups is 1. The molecule has 12 heteroatoms. The average Bonchev–Trinajstić information content (AvgIpc) is 3.26. The first-order valence-electron chi connectivity index (χ1n) is 10.8. The number of ether oxygens (including phenoxy) is 2. The Morgan fingerprint density at radius 1 is 1.11 bits per heavy atom. The molecule has 0 radical (unpaired) electrons. The number of methoxy groups -OCH3 is 1. The normalized spacial score (nSPS) is 14.8. The van der Waals surface area contributed by atoms with Crippen LogP contribution < -0.4 is 25.5 Å². The fourth-order valence-corrected chi connectivity index (χ4v) is 3.98. The van der Waals surface area contributed by atoms with E-state index in [2.05, 4.69) is 26.1 Å². The summed E-state index contributed by atoms with van der Waals surface area (Å²) in [5.74, 6) is -0.391. The van der Waals surface area contributed by atoms with Gasteiger partial charge < -0.3 is 14.8 Å². The first-order valence-corrected chi connectivity index (χ1v) is 12.0. The van der Waals surface area contributed by atoms with Crippen LogP contribution in [-0.4, -0.2) is 41.6 Å². The number of thioether (sulfide) groups is 1. The van der Waals surface area contributed by atoms with Crippen LogP contribution in [0.25, 0.3) is 6.08 Å². The second-order valence-corrected chi connectivity index (χ2v) is 8.88. The molecule has 0 aliphatic carbocycles. The number of hydrogen-bond donors (Lipinski definition) is 3. The maximum absolute atomic E-state index is 12.4. The van der Waals surface area contributed by atoms with E-state index in [9.17, 15) is 14.4 Å². The fourth-order valence-electron chi connectivity index (χ4n) is 3.07. The van der Waals surface area contributed by atoms with Gasteiger partial charge in [-0.3, -0.25) is 24.7 Å². The highest BCUT2D eigenvalue weighted by molar-refractivity contribution is 8.18. The number of aromatic nitrogens is 1. The molecule has 1 aliphatic heterocycles. The Bertz CT molecular complexity index is 1380. The van der Waals surface area contributed by atoms with Crippen molar-refractivity contribution in [2.75, 3.05) is 19.0 Å². The van der Waals surface area contributed by atoms with E-state index in [0.717, 1.165) is 11.8 Å².